The lowest BCUT2D eigenvalue weighted by Crippen LogP contribution is -2.14. The molecule has 0 fully saturated rings. The molecule has 0 aliphatic heterocycles. The van der Waals surface area contributed by atoms with Crippen molar-refractivity contribution in [2.75, 3.05) is 0 Å². The highest BCUT2D eigenvalue weighted by Crippen LogP contribution is 1.92. The van der Waals surface area contributed by atoms with Crippen LogP contribution in [0.25, 0.3) is 0 Å². The van der Waals surface area contributed by atoms with E-state index in [0.29, 0.717) is 13.1 Å². The van der Waals surface area contributed by atoms with Crippen molar-refractivity contribution < 1.29 is 0 Å². The maximum Gasteiger partial charge on any atom is 0.115 e. The summed E-state index contributed by atoms with van der Waals surface area (Å²) >= 11 is 0. The predicted octanol–water partition coefficient (Wildman–Crippen LogP) is 0.556. The maximum atomic E-state index is 4.15. The first kappa shape index (κ1) is 9.67. The van der Waals surface area contributed by atoms with Crippen LogP contribution in [-0.4, -0.2) is 19.9 Å². The van der Waals surface area contributed by atoms with Gasteiger partial charge in [0.2, 0.25) is 0 Å². The van der Waals surface area contributed by atoms with Gasteiger partial charge in [-0.05, 0) is 6.07 Å². The van der Waals surface area contributed by atoms with E-state index in [1.54, 1.807) is 31.1 Å². The Labute approximate surface area is 87.6 Å². The summed E-state index contributed by atoms with van der Waals surface area (Å²) in [6.07, 6.45) is 8.36. The van der Waals surface area contributed by atoms with Gasteiger partial charge >= 0.3 is 0 Å². The average Bonchev–Trinajstić information content (AvgIpc) is 2.32. The lowest BCUT2D eigenvalue weighted by molar-refractivity contribution is 0.663. The van der Waals surface area contributed by atoms with Crippen LogP contribution in [-0.2, 0) is 13.1 Å². The lowest BCUT2D eigenvalue weighted by Gasteiger charge is -2.02. The minimum atomic E-state index is 0.692. The molecule has 2 rings (SSSR count). The molecule has 0 atom stereocenters. The summed E-state index contributed by atoms with van der Waals surface area (Å²) in [6, 6.07) is 1.88. The Bertz CT molecular complexity index is 350. The second-order valence-corrected chi connectivity index (χ2v) is 3.00. The van der Waals surface area contributed by atoms with Gasteiger partial charge in [0.15, 0.2) is 0 Å². The molecule has 0 saturated heterocycles. The van der Waals surface area contributed by atoms with Gasteiger partial charge in [0.1, 0.15) is 6.33 Å². The second-order valence-electron chi connectivity index (χ2n) is 3.00. The van der Waals surface area contributed by atoms with E-state index in [2.05, 4.69) is 25.3 Å². The molecule has 5 heteroatoms. The molecule has 0 aliphatic carbocycles. The fraction of sp³-hybridized carbons (Fsp3) is 0.200. The molecule has 0 spiro atoms. The van der Waals surface area contributed by atoms with Gasteiger partial charge in [-0.3, -0.25) is 9.97 Å². The quantitative estimate of drug-likeness (QED) is 0.782. The van der Waals surface area contributed by atoms with Gasteiger partial charge in [0.25, 0.3) is 0 Å². The van der Waals surface area contributed by atoms with E-state index in [-0.39, 0.29) is 0 Å². The Kier molecular flexibility index (Phi) is 3.30. The molecule has 0 unspecified atom stereocenters. The molecule has 76 valence electrons. The Morgan fingerprint density at radius 3 is 2.60 bits per heavy atom. The van der Waals surface area contributed by atoms with Crippen molar-refractivity contribution in [3.63, 3.8) is 0 Å². The standard InChI is InChI=1S/C10H11N5/c1-2-12-8-15-9(1)5-13-7-10-6-11-3-4-14-10/h1-4,6,8,13H,5,7H2. The van der Waals surface area contributed by atoms with Gasteiger partial charge < -0.3 is 5.32 Å². The van der Waals surface area contributed by atoms with Crippen LogP contribution in [0.3, 0.4) is 0 Å². The molecule has 0 bridgehead atoms. The summed E-state index contributed by atoms with van der Waals surface area (Å²) in [7, 11) is 0. The summed E-state index contributed by atoms with van der Waals surface area (Å²) in [5.41, 5.74) is 1.89. The van der Waals surface area contributed by atoms with Gasteiger partial charge in [-0.25, -0.2) is 9.97 Å². The van der Waals surface area contributed by atoms with Crippen LogP contribution < -0.4 is 5.32 Å². The maximum absolute atomic E-state index is 4.15. The van der Waals surface area contributed by atoms with Gasteiger partial charge in [0.05, 0.1) is 11.4 Å². The third-order valence-electron chi connectivity index (χ3n) is 1.87. The zero-order valence-electron chi connectivity index (χ0n) is 8.17. The zero-order chi connectivity index (χ0) is 10.3. The average molecular weight is 201 g/mol. The number of nitrogens with zero attached hydrogens (tertiary/aromatic N) is 4. The van der Waals surface area contributed by atoms with Gasteiger partial charge in [-0.15, -0.1) is 0 Å². The van der Waals surface area contributed by atoms with Crippen LogP contribution in [0.2, 0.25) is 0 Å². The lowest BCUT2D eigenvalue weighted by atomic mass is 10.4. The minimum absolute atomic E-state index is 0.692. The summed E-state index contributed by atoms with van der Waals surface area (Å²) in [6.45, 7) is 1.40. The summed E-state index contributed by atoms with van der Waals surface area (Å²) in [4.78, 5) is 16.1. The van der Waals surface area contributed by atoms with Crippen molar-refractivity contribution >= 4 is 0 Å². The number of nitrogens with one attached hydrogen (secondary N) is 1. The minimum Gasteiger partial charge on any atom is -0.305 e. The number of hydrogen-bond acceptors (Lipinski definition) is 5. The summed E-state index contributed by atoms with van der Waals surface area (Å²) < 4.78 is 0. The van der Waals surface area contributed by atoms with E-state index in [4.69, 9.17) is 0 Å². The fourth-order valence-corrected chi connectivity index (χ4v) is 1.16. The normalized spacial score (nSPS) is 10.1. The van der Waals surface area contributed by atoms with Crippen LogP contribution in [0.5, 0.6) is 0 Å². The molecule has 0 saturated carbocycles. The highest BCUT2D eigenvalue weighted by molar-refractivity contribution is 4.98. The molecule has 15 heavy (non-hydrogen) atoms. The molecular weight excluding hydrogens is 190 g/mol. The molecule has 0 amide bonds. The predicted molar refractivity (Wildman–Crippen MR) is 54.6 cm³/mol. The Hall–Kier alpha value is -1.88. The molecule has 5 nitrogen and oxygen atoms in total. The number of hydrogen-bond donors (Lipinski definition) is 1. The van der Waals surface area contributed by atoms with Crippen molar-refractivity contribution in [2.45, 2.75) is 13.1 Å². The highest BCUT2D eigenvalue weighted by Gasteiger charge is 1.94. The third kappa shape index (κ3) is 3.07. The van der Waals surface area contributed by atoms with Gasteiger partial charge in [0, 0.05) is 37.9 Å². The Morgan fingerprint density at radius 1 is 0.933 bits per heavy atom. The monoisotopic (exact) mass is 201 g/mol. The van der Waals surface area contributed by atoms with E-state index in [9.17, 15) is 0 Å². The number of aromatic nitrogens is 4. The molecule has 0 aromatic carbocycles. The van der Waals surface area contributed by atoms with Gasteiger partial charge in [-0.2, -0.15) is 0 Å². The van der Waals surface area contributed by atoms with Crippen molar-refractivity contribution in [1.82, 2.24) is 25.3 Å². The van der Waals surface area contributed by atoms with Crippen LogP contribution in [0, 0.1) is 0 Å². The summed E-state index contributed by atoms with van der Waals surface area (Å²) in [5, 5.41) is 3.23. The van der Waals surface area contributed by atoms with E-state index < -0.39 is 0 Å². The molecule has 2 heterocycles. The third-order valence-corrected chi connectivity index (χ3v) is 1.87. The fourth-order valence-electron chi connectivity index (χ4n) is 1.16. The second kappa shape index (κ2) is 5.11. The molecule has 2 aromatic heterocycles. The zero-order valence-corrected chi connectivity index (χ0v) is 8.17. The van der Waals surface area contributed by atoms with Crippen molar-refractivity contribution in [2.24, 2.45) is 0 Å². The highest BCUT2D eigenvalue weighted by atomic mass is 14.9. The number of rotatable bonds is 4. The first-order valence-corrected chi connectivity index (χ1v) is 4.65. The molecule has 0 aliphatic rings. The largest absolute Gasteiger partial charge is 0.305 e. The summed E-state index contributed by atoms with van der Waals surface area (Å²) in [5.74, 6) is 0. The first-order valence-electron chi connectivity index (χ1n) is 4.65. The van der Waals surface area contributed by atoms with E-state index in [1.165, 1.54) is 0 Å². The molecular formula is C10H11N5. The smallest absolute Gasteiger partial charge is 0.115 e. The Balaban J connectivity index is 1.81. The van der Waals surface area contributed by atoms with Crippen LogP contribution in [0.15, 0.2) is 37.2 Å². The van der Waals surface area contributed by atoms with Gasteiger partial charge in [-0.1, -0.05) is 0 Å². The topological polar surface area (TPSA) is 63.6 Å². The van der Waals surface area contributed by atoms with E-state index >= 15 is 0 Å². The molecule has 2 aromatic rings. The van der Waals surface area contributed by atoms with Crippen molar-refractivity contribution in [1.29, 1.82) is 0 Å². The van der Waals surface area contributed by atoms with Crippen molar-refractivity contribution in [3.05, 3.63) is 48.6 Å². The van der Waals surface area contributed by atoms with E-state index in [1.807, 2.05) is 6.07 Å². The van der Waals surface area contributed by atoms with Crippen LogP contribution in [0.4, 0.5) is 0 Å². The van der Waals surface area contributed by atoms with E-state index in [0.717, 1.165) is 11.4 Å². The van der Waals surface area contributed by atoms with Crippen LogP contribution >= 0.6 is 0 Å². The molecule has 1 N–H and O–H groups in total. The molecule has 0 radical (unpaired) electrons. The Morgan fingerprint density at radius 2 is 1.87 bits per heavy atom. The SMILES string of the molecule is c1cc(CNCc2cnccn2)ncn1. The van der Waals surface area contributed by atoms with Crippen molar-refractivity contribution in [3.8, 4) is 0 Å². The van der Waals surface area contributed by atoms with Crippen LogP contribution in [0.1, 0.15) is 11.4 Å². The first-order chi connectivity index (χ1) is 7.45.